The van der Waals surface area contributed by atoms with E-state index in [0.29, 0.717) is 29.1 Å². The van der Waals surface area contributed by atoms with Gasteiger partial charge in [0.05, 0.1) is 29.0 Å². The minimum absolute atomic E-state index is 0.102. The van der Waals surface area contributed by atoms with Crippen LogP contribution in [0.3, 0.4) is 0 Å². The second-order valence-electron chi connectivity index (χ2n) is 9.41. The first-order valence-electron chi connectivity index (χ1n) is 11.2. The van der Waals surface area contributed by atoms with Gasteiger partial charge in [-0.1, -0.05) is 6.92 Å². The Hall–Kier alpha value is -3.23. The summed E-state index contributed by atoms with van der Waals surface area (Å²) in [5.41, 5.74) is 2.87. The Balaban J connectivity index is 1.50. The van der Waals surface area contributed by atoms with Crippen molar-refractivity contribution < 1.29 is 19.4 Å². The van der Waals surface area contributed by atoms with Crippen LogP contribution in [-0.2, 0) is 34.7 Å². The number of ether oxygens (including phenoxy) is 2. The van der Waals surface area contributed by atoms with E-state index < -0.39 is 11.6 Å². The van der Waals surface area contributed by atoms with Gasteiger partial charge in [0.2, 0.25) is 0 Å². The number of pyridine rings is 2. The summed E-state index contributed by atoms with van der Waals surface area (Å²) >= 11 is 0. The number of hydrogen-bond donors (Lipinski definition) is 1. The zero-order valence-electron chi connectivity index (χ0n) is 18.8. The molecule has 0 radical (unpaired) electrons. The normalized spacial score (nSPS) is 22.6. The number of aliphatic hydroxyl groups is 1. The predicted molar refractivity (Wildman–Crippen MR) is 121 cm³/mol. The fourth-order valence-corrected chi connectivity index (χ4v) is 5.37. The lowest BCUT2D eigenvalue weighted by molar-refractivity contribution is -0.172. The largest absolute Gasteiger partial charge is 0.488 e. The maximum Gasteiger partial charge on any atom is 0.343 e. The Labute approximate surface area is 190 Å². The molecule has 33 heavy (non-hydrogen) atoms. The molecule has 0 saturated carbocycles. The quantitative estimate of drug-likeness (QED) is 0.480. The number of nitrogens with zero attached hydrogens (tertiary/aromatic N) is 3. The van der Waals surface area contributed by atoms with Gasteiger partial charge in [-0.3, -0.25) is 4.79 Å². The van der Waals surface area contributed by atoms with Crippen molar-refractivity contribution in [2.24, 2.45) is 0 Å². The van der Waals surface area contributed by atoms with Crippen LogP contribution in [0.5, 0.6) is 5.75 Å². The molecule has 0 fully saturated rings. The molecule has 6 rings (SSSR count). The first-order chi connectivity index (χ1) is 15.8. The van der Waals surface area contributed by atoms with Crippen molar-refractivity contribution >= 4 is 16.9 Å². The van der Waals surface area contributed by atoms with E-state index in [2.05, 4.69) is 11.0 Å². The molecule has 5 heterocycles. The second kappa shape index (κ2) is 6.88. The van der Waals surface area contributed by atoms with Gasteiger partial charge in [-0.25, -0.2) is 9.78 Å². The molecule has 1 unspecified atom stereocenters. The second-order valence-corrected chi connectivity index (χ2v) is 9.41. The van der Waals surface area contributed by atoms with Crippen LogP contribution in [-0.4, -0.2) is 52.3 Å². The van der Waals surface area contributed by atoms with Crippen LogP contribution in [0, 0.1) is 0 Å². The highest BCUT2D eigenvalue weighted by Gasteiger charge is 2.45. The predicted octanol–water partition coefficient (Wildman–Crippen LogP) is 1.94. The number of cyclic esters (lactones) is 1. The Morgan fingerprint density at radius 2 is 2.06 bits per heavy atom. The van der Waals surface area contributed by atoms with Crippen LogP contribution in [0.15, 0.2) is 29.1 Å². The van der Waals surface area contributed by atoms with Gasteiger partial charge >= 0.3 is 5.97 Å². The third-order valence-corrected chi connectivity index (χ3v) is 7.05. The first-order valence-corrected chi connectivity index (χ1v) is 11.2. The minimum Gasteiger partial charge on any atom is -0.488 e. The van der Waals surface area contributed by atoms with Gasteiger partial charge in [0, 0.05) is 35.0 Å². The van der Waals surface area contributed by atoms with Crippen molar-refractivity contribution in [3.63, 3.8) is 0 Å². The highest BCUT2D eigenvalue weighted by atomic mass is 16.6. The van der Waals surface area contributed by atoms with Gasteiger partial charge in [0.1, 0.15) is 18.5 Å². The summed E-state index contributed by atoms with van der Waals surface area (Å²) in [6.07, 6.45) is 1.04. The maximum atomic E-state index is 13.3. The van der Waals surface area contributed by atoms with Crippen LogP contribution in [0.25, 0.3) is 22.3 Å². The minimum atomic E-state index is -1.82. The highest BCUT2D eigenvalue weighted by Crippen LogP contribution is 2.41. The Kier molecular flexibility index (Phi) is 4.25. The molecule has 3 aliphatic rings. The summed E-state index contributed by atoms with van der Waals surface area (Å²) in [4.78, 5) is 32.7. The maximum absolute atomic E-state index is 13.3. The van der Waals surface area contributed by atoms with Crippen molar-refractivity contribution in [2.45, 2.75) is 44.6 Å². The monoisotopic (exact) mass is 447 g/mol. The SMILES string of the molecule is CC[C@@]1(O)C(=O)OCc2c1cc1n(c2=O)Cc2cc3c4c(ccc3nc2-1)OC(CN(C)C)C4. The third-order valence-electron chi connectivity index (χ3n) is 7.05. The molecule has 0 saturated heterocycles. The molecule has 2 aromatic heterocycles. The molecular weight excluding hydrogens is 422 g/mol. The van der Waals surface area contributed by atoms with E-state index in [1.807, 2.05) is 26.2 Å². The Morgan fingerprint density at radius 1 is 1.24 bits per heavy atom. The topological polar surface area (TPSA) is 93.9 Å². The zero-order valence-corrected chi connectivity index (χ0v) is 18.8. The lowest BCUT2D eigenvalue weighted by Gasteiger charge is -2.31. The number of fused-ring (bicyclic) bond motifs is 7. The fraction of sp³-hybridized carbons (Fsp3) is 0.400. The van der Waals surface area contributed by atoms with Gasteiger partial charge < -0.3 is 24.0 Å². The molecule has 8 heteroatoms. The average molecular weight is 447 g/mol. The summed E-state index contributed by atoms with van der Waals surface area (Å²) in [7, 11) is 4.07. The Bertz CT molecular complexity index is 1410. The summed E-state index contributed by atoms with van der Waals surface area (Å²) in [6, 6.07) is 7.77. The number of aromatic nitrogens is 2. The van der Waals surface area contributed by atoms with Crippen LogP contribution in [0.2, 0.25) is 0 Å². The number of hydrogen-bond acceptors (Lipinski definition) is 7. The fourth-order valence-electron chi connectivity index (χ4n) is 5.37. The lowest BCUT2D eigenvalue weighted by Crippen LogP contribution is -2.44. The van der Waals surface area contributed by atoms with Crippen molar-refractivity contribution in [2.75, 3.05) is 20.6 Å². The molecule has 1 aromatic carbocycles. The molecule has 8 nitrogen and oxygen atoms in total. The first kappa shape index (κ1) is 20.4. The number of rotatable bonds is 3. The van der Waals surface area contributed by atoms with Gasteiger partial charge in [0.25, 0.3) is 5.56 Å². The number of carbonyl (C=O) groups is 1. The molecule has 0 bridgehead atoms. The highest BCUT2D eigenvalue weighted by molar-refractivity contribution is 5.89. The molecular formula is C25H25N3O5. The summed E-state index contributed by atoms with van der Waals surface area (Å²) in [5.74, 6) is 0.178. The van der Waals surface area contributed by atoms with E-state index in [4.69, 9.17) is 14.5 Å². The van der Waals surface area contributed by atoms with Crippen LogP contribution >= 0.6 is 0 Å². The van der Waals surface area contributed by atoms with E-state index in [9.17, 15) is 14.7 Å². The van der Waals surface area contributed by atoms with E-state index >= 15 is 0 Å². The average Bonchev–Trinajstić information content (AvgIpc) is 3.36. The number of esters is 1. The van der Waals surface area contributed by atoms with Crippen molar-refractivity contribution in [3.05, 3.63) is 56.9 Å². The van der Waals surface area contributed by atoms with Crippen molar-refractivity contribution in [3.8, 4) is 17.1 Å². The van der Waals surface area contributed by atoms with Crippen LogP contribution in [0.1, 0.15) is 35.6 Å². The molecule has 0 aliphatic carbocycles. The van der Waals surface area contributed by atoms with Crippen LogP contribution < -0.4 is 10.3 Å². The molecule has 3 aliphatic heterocycles. The van der Waals surface area contributed by atoms with Crippen LogP contribution in [0.4, 0.5) is 0 Å². The summed E-state index contributed by atoms with van der Waals surface area (Å²) in [6.45, 7) is 2.80. The lowest BCUT2D eigenvalue weighted by atomic mass is 9.86. The van der Waals surface area contributed by atoms with E-state index in [-0.39, 0.29) is 24.7 Å². The standard InChI is InChI=1S/C25H25N3O5/c1-4-25(31)18-9-20-22-13(10-28(20)23(29)17(18)12-32-24(25)30)7-15-16-8-14(11-27(2)3)33-21(16)6-5-19(15)26-22/h5-7,9,14,31H,4,8,10-12H2,1-3H3/t14?,25-/m0/s1. The number of benzene rings is 1. The van der Waals surface area contributed by atoms with Gasteiger partial charge in [-0.2, -0.15) is 0 Å². The smallest absolute Gasteiger partial charge is 0.343 e. The van der Waals surface area contributed by atoms with Gasteiger partial charge in [-0.15, -0.1) is 0 Å². The molecule has 0 amide bonds. The van der Waals surface area contributed by atoms with Gasteiger partial charge in [-0.05, 0) is 44.8 Å². The summed E-state index contributed by atoms with van der Waals surface area (Å²) < 4.78 is 12.9. The number of likely N-dealkylation sites (N-methyl/N-ethyl adjacent to an activating group) is 1. The Morgan fingerprint density at radius 3 is 2.82 bits per heavy atom. The molecule has 170 valence electrons. The number of carbonyl (C=O) groups excluding carboxylic acids is 1. The summed E-state index contributed by atoms with van der Waals surface area (Å²) in [5, 5.41) is 12.1. The van der Waals surface area contributed by atoms with Gasteiger partial charge in [0.15, 0.2) is 5.60 Å². The van der Waals surface area contributed by atoms with E-state index in [1.165, 1.54) is 0 Å². The van der Waals surface area contributed by atoms with E-state index in [0.717, 1.165) is 40.7 Å². The van der Waals surface area contributed by atoms with E-state index in [1.54, 1.807) is 17.6 Å². The third kappa shape index (κ3) is 2.80. The molecule has 3 aromatic rings. The molecule has 0 spiro atoms. The van der Waals surface area contributed by atoms with Crippen molar-refractivity contribution in [1.82, 2.24) is 14.5 Å². The molecule has 2 atom stereocenters. The molecule has 1 N–H and O–H groups in total. The zero-order chi connectivity index (χ0) is 23.1. The van der Waals surface area contributed by atoms with Crippen molar-refractivity contribution in [1.29, 1.82) is 0 Å².